The molecule has 0 amide bonds. The van der Waals surface area contributed by atoms with E-state index >= 15 is 0 Å². The summed E-state index contributed by atoms with van der Waals surface area (Å²) in [5.41, 5.74) is 0.331. The Hall–Kier alpha value is -2.18. The van der Waals surface area contributed by atoms with Crippen molar-refractivity contribution in [3.8, 4) is 0 Å². The number of carboxylic acid groups (broad SMARTS) is 2. The maximum atomic E-state index is 10.2. The average Bonchev–Trinajstić information content (AvgIpc) is 2.39. The highest BCUT2D eigenvalue weighted by molar-refractivity contribution is 5.87. The Labute approximate surface area is 104 Å². The van der Waals surface area contributed by atoms with Crippen LogP contribution in [0.4, 0.5) is 0 Å². The van der Waals surface area contributed by atoms with Gasteiger partial charge in [-0.3, -0.25) is 4.79 Å². The summed E-state index contributed by atoms with van der Waals surface area (Å²) in [5.74, 6) is -0.879. The molecule has 0 fully saturated rings. The number of hydrogen-bond acceptors (Lipinski definition) is 4. The molecule has 100 valence electrons. The van der Waals surface area contributed by atoms with Crippen molar-refractivity contribution in [1.29, 1.82) is 0 Å². The molecule has 4 N–H and O–H groups in total. The second kappa shape index (κ2) is 14.8. The second-order valence-electron chi connectivity index (χ2n) is 2.61. The minimum atomic E-state index is -0.879. The topological polar surface area (TPSA) is 115 Å². The summed E-state index contributed by atoms with van der Waals surface area (Å²) in [5, 5.41) is 31.3. The van der Waals surface area contributed by atoms with Gasteiger partial charge in [0.05, 0.1) is 18.8 Å². The van der Waals surface area contributed by atoms with E-state index in [1.165, 1.54) is 12.2 Å². The van der Waals surface area contributed by atoms with Crippen molar-refractivity contribution in [1.82, 2.24) is 0 Å². The normalized spacial score (nSPS) is 8.56. The Morgan fingerprint density at radius 2 is 1.44 bits per heavy atom. The number of rotatable bonds is 3. The average molecular weight is 256 g/mol. The number of aliphatic hydroxyl groups excluding tert-OH is 2. The Bertz CT molecular complexity index is 328. The monoisotopic (exact) mass is 256 g/mol. The predicted molar refractivity (Wildman–Crippen MR) is 65.4 cm³/mol. The molecule has 0 aliphatic heterocycles. The van der Waals surface area contributed by atoms with Crippen LogP contribution < -0.4 is 0 Å². The summed E-state index contributed by atoms with van der Waals surface area (Å²) in [6.45, 7) is -0.221. The number of carboxylic acids is 1. The highest BCUT2D eigenvalue weighted by Crippen LogP contribution is 1.96. The molecule has 0 aliphatic rings. The van der Waals surface area contributed by atoms with Gasteiger partial charge in [-0.05, 0) is 12.1 Å². The van der Waals surface area contributed by atoms with Gasteiger partial charge in [-0.2, -0.15) is 0 Å². The van der Waals surface area contributed by atoms with Crippen molar-refractivity contribution < 1.29 is 30.0 Å². The Morgan fingerprint density at radius 1 is 1.06 bits per heavy atom. The van der Waals surface area contributed by atoms with Crippen LogP contribution in [0.2, 0.25) is 0 Å². The van der Waals surface area contributed by atoms with Crippen LogP contribution in [-0.4, -0.2) is 46.1 Å². The minimum Gasteiger partial charge on any atom is -0.483 e. The highest BCUT2D eigenvalue weighted by Gasteiger charge is 1.96. The van der Waals surface area contributed by atoms with Crippen molar-refractivity contribution in [3.63, 3.8) is 0 Å². The van der Waals surface area contributed by atoms with Crippen LogP contribution in [0.5, 0.6) is 0 Å². The molecule has 0 aromatic heterocycles. The van der Waals surface area contributed by atoms with Gasteiger partial charge in [0.1, 0.15) is 0 Å². The molecule has 0 aliphatic carbocycles. The van der Waals surface area contributed by atoms with Crippen molar-refractivity contribution in [2.75, 3.05) is 13.2 Å². The molecule has 0 bridgehead atoms. The van der Waals surface area contributed by atoms with E-state index in [1.54, 1.807) is 30.3 Å². The van der Waals surface area contributed by atoms with Crippen molar-refractivity contribution in [2.24, 2.45) is 0 Å². The largest absolute Gasteiger partial charge is 0.483 e. The van der Waals surface area contributed by atoms with Crippen LogP contribution >= 0.6 is 0 Å². The van der Waals surface area contributed by atoms with E-state index in [9.17, 15) is 4.79 Å². The fourth-order valence-corrected chi connectivity index (χ4v) is 0.730. The lowest BCUT2D eigenvalue weighted by Gasteiger charge is -1.88. The quantitative estimate of drug-likeness (QED) is 0.465. The van der Waals surface area contributed by atoms with Gasteiger partial charge in [0, 0.05) is 0 Å². The maximum Gasteiger partial charge on any atom is 0.335 e. The zero-order valence-electron chi connectivity index (χ0n) is 9.64. The third-order valence-electron chi connectivity index (χ3n) is 1.40. The standard InChI is InChI=1S/C7H6O2.C4H8O2.CH2O2/c8-7(9)6-4-2-1-3-5-6;5-3-1-2-4-6;2-1-3/h1-5H,(H,8,9);1-2,5-6H,3-4H2;1H,(H,2,3). The van der Waals surface area contributed by atoms with E-state index in [4.69, 9.17) is 25.2 Å². The first-order valence-electron chi connectivity index (χ1n) is 4.86. The first-order valence-corrected chi connectivity index (χ1v) is 4.86. The van der Waals surface area contributed by atoms with E-state index < -0.39 is 5.97 Å². The van der Waals surface area contributed by atoms with Gasteiger partial charge in [0.2, 0.25) is 0 Å². The molecule has 6 heteroatoms. The lowest BCUT2D eigenvalue weighted by atomic mass is 10.2. The summed E-state index contributed by atoms with van der Waals surface area (Å²) in [6.07, 6.45) is 2.97. The molecule has 0 heterocycles. The second-order valence-corrected chi connectivity index (χ2v) is 2.61. The van der Waals surface area contributed by atoms with Crippen LogP contribution in [0.3, 0.4) is 0 Å². The number of carbonyl (C=O) groups is 2. The smallest absolute Gasteiger partial charge is 0.335 e. The van der Waals surface area contributed by atoms with E-state index in [1.807, 2.05) is 0 Å². The van der Waals surface area contributed by atoms with Crippen LogP contribution in [0.15, 0.2) is 42.5 Å². The van der Waals surface area contributed by atoms with E-state index in [2.05, 4.69) is 0 Å². The maximum absolute atomic E-state index is 10.2. The summed E-state index contributed by atoms with van der Waals surface area (Å²) < 4.78 is 0. The van der Waals surface area contributed by atoms with Crippen molar-refractivity contribution >= 4 is 12.4 Å². The fourth-order valence-electron chi connectivity index (χ4n) is 0.730. The molecular formula is C12H16O6. The summed E-state index contributed by atoms with van der Waals surface area (Å²) >= 11 is 0. The molecule has 18 heavy (non-hydrogen) atoms. The van der Waals surface area contributed by atoms with E-state index in [-0.39, 0.29) is 19.7 Å². The SMILES string of the molecule is O=C(O)c1ccccc1.O=CO.OCC=CCO. The van der Waals surface area contributed by atoms with Gasteiger partial charge in [-0.25, -0.2) is 4.79 Å². The van der Waals surface area contributed by atoms with Crippen LogP contribution in [-0.2, 0) is 4.79 Å². The third-order valence-corrected chi connectivity index (χ3v) is 1.40. The molecule has 1 aromatic rings. The molecule has 0 saturated carbocycles. The predicted octanol–water partition coefficient (Wildman–Crippen LogP) is 0.613. The molecule has 0 atom stereocenters. The van der Waals surface area contributed by atoms with Gasteiger partial charge < -0.3 is 20.4 Å². The van der Waals surface area contributed by atoms with Crippen molar-refractivity contribution in [3.05, 3.63) is 48.0 Å². The Balaban J connectivity index is 0. The zero-order chi connectivity index (χ0) is 14.2. The lowest BCUT2D eigenvalue weighted by molar-refractivity contribution is -0.122. The van der Waals surface area contributed by atoms with E-state index in [0.29, 0.717) is 5.56 Å². The lowest BCUT2D eigenvalue weighted by Crippen LogP contribution is -1.93. The first kappa shape index (κ1) is 18.2. The minimum absolute atomic E-state index is 0.0144. The Morgan fingerprint density at radius 3 is 1.67 bits per heavy atom. The number of aliphatic hydroxyl groups is 2. The number of aromatic carboxylic acids is 1. The summed E-state index contributed by atoms with van der Waals surface area (Å²) in [7, 11) is 0. The summed E-state index contributed by atoms with van der Waals surface area (Å²) in [6, 6.07) is 8.30. The fraction of sp³-hybridized carbons (Fsp3) is 0.167. The molecule has 1 rings (SSSR count). The first-order chi connectivity index (χ1) is 8.63. The van der Waals surface area contributed by atoms with Gasteiger partial charge in [0.25, 0.3) is 6.47 Å². The molecule has 0 unspecified atom stereocenters. The van der Waals surface area contributed by atoms with Crippen LogP contribution in [0.25, 0.3) is 0 Å². The van der Waals surface area contributed by atoms with E-state index in [0.717, 1.165) is 0 Å². The summed E-state index contributed by atoms with van der Waals surface area (Å²) in [4.78, 5) is 18.6. The Kier molecular flexibility index (Phi) is 15.0. The van der Waals surface area contributed by atoms with Gasteiger partial charge in [-0.15, -0.1) is 0 Å². The number of benzene rings is 1. The van der Waals surface area contributed by atoms with Gasteiger partial charge >= 0.3 is 5.97 Å². The van der Waals surface area contributed by atoms with Crippen molar-refractivity contribution in [2.45, 2.75) is 0 Å². The molecule has 6 nitrogen and oxygen atoms in total. The molecule has 0 saturated heterocycles. The van der Waals surface area contributed by atoms with Crippen LogP contribution in [0.1, 0.15) is 10.4 Å². The molecule has 0 spiro atoms. The van der Waals surface area contributed by atoms with Gasteiger partial charge in [-0.1, -0.05) is 30.4 Å². The number of hydrogen-bond donors (Lipinski definition) is 4. The molecule has 0 radical (unpaired) electrons. The molecule has 1 aromatic carbocycles. The molecular weight excluding hydrogens is 240 g/mol. The third kappa shape index (κ3) is 13.8. The van der Waals surface area contributed by atoms with Crippen LogP contribution in [0, 0.1) is 0 Å². The van der Waals surface area contributed by atoms with Gasteiger partial charge in [0.15, 0.2) is 0 Å². The highest BCUT2D eigenvalue weighted by atomic mass is 16.4. The zero-order valence-corrected chi connectivity index (χ0v) is 9.64.